The standard InChI is InChI=1S/C18H19F11O2/c1-13(2,3)31-11-8-6-5-7-10(11)12(30-4)9-14(19,20)15(21,22)16(23,24)17(25,26)18(27,28)29/h5-8,12H,9H2,1-4H3. The van der Waals surface area contributed by atoms with E-state index in [1.54, 1.807) is 0 Å². The molecule has 0 radical (unpaired) electrons. The van der Waals surface area contributed by atoms with Crippen molar-refractivity contribution in [1.29, 1.82) is 0 Å². The van der Waals surface area contributed by atoms with E-state index in [-0.39, 0.29) is 11.3 Å². The minimum absolute atomic E-state index is 0.173. The van der Waals surface area contributed by atoms with E-state index in [9.17, 15) is 48.3 Å². The molecule has 1 unspecified atom stereocenters. The molecule has 1 atom stereocenters. The van der Waals surface area contributed by atoms with Gasteiger partial charge in [0.05, 0.1) is 6.10 Å². The lowest BCUT2D eigenvalue weighted by Crippen LogP contribution is -2.66. The minimum Gasteiger partial charge on any atom is -0.488 e. The first-order valence-corrected chi connectivity index (χ1v) is 8.51. The lowest BCUT2D eigenvalue weighted by atomic mass is 9.92. The van der Waals surface area contributed by atoms with Crippen molar-refractivity contribution in [2.75, 3.05) is 7.11 Å². The van der Waals surface area contributed by atoms with Gasteiger partial charge in [-0.2, -0.15) is 48.3 Å². The molecule has 0 aliphatic carbocycles. The molecule has 0 aliphatic rings. The zero-order valence-electron chi connectivity index (χ0n) is 16.6. The first-order valence-electron chi connectivity index (χ1n) is 8.51. The lowest BCUT2D eigenvalue weighted by Gasteiger charge is -2.38. The van der Waals surface area contributed by atoms with Gasteiger partial charge < -0.3 is 9.47 Å². The maximum Gasteiger partial charge on any atom is 0.460 e. The number of halogens is 11. The third-order valence-electron chi connectivity index (χ3n) is 4.01. The molecule has 1 aromatic carbocycles. The zero-order chi connectivity index (χ0) is 24.7. The summed E-state index contributed by atoms with van der Waals surface area (Å²) in [5.74, 6) is -28.2. The largest absolute Gasteiger partial charge is 0.488 e. The number of rotatable bonds is 8. The first-order chi connectivity index (χ1) is 13.6. The van der Waals surface area contributed by atoms with E-state index in [0.717, 1.165) is 13.2 Å². The van der Waals surface area contributed by atoms with Crippen molar-refractivity contribution in [3.8, 4) is 5.75 Å². The summed E-state index contributed by atoms with van der Waals surface area (Å²) in [6.07, 6.45) is -11.7. The van der Waals surface area contributed by atoms with E-state index < -0.39 is 48.0 Å². The second-order valence-electron chi connectivity index (χ2n) is 7.61. The number of ether oxygens (including phenoxy) is 2. The van der Waals surface area contributed by atoms with E-state index in [1.807, 2.05) is 0 Å². The van der Waals surface area contributed by atoms with Crippen LogP contribution in [0.15, 0.2) is 24.3 Å². The highest BCUT2D eigenvalue weighted by Gasteiger charge is 2.87. The van der Waals surface area contributed by atoms with Crippen LogP contribution < -0.4 is 4.74 Å². The summed E-state index contributed by atoms with van der Waals surface area (Å²) in [4.78, 5) is 0. The Kier molecular flexibility index (Phi) is 7.28. The van der Waals surface area contributed by atoms with Crippen molar-refractivity contribution in [3.05, 3.63) is 29.8 Å². The molecular formula is C18H19F11O2. The van der Waals surface area contributed by atoms with Gasteiger partial charge in [-0.05, 0) is 26.8 Å². The monoisotopic (exact) mass is 476 g/mol. The predicted octanol–water partition coefficient (Wildman–Crippen LogP) is 7.05. The van der Waals surface area contributed by atoms with E-state index >= 15 is 0 Å². The summed E-state index contributed by atoms with van der Waals surface area (Å²) < 4.78 is 156. The molecule has 0 bridgehead atoms. The molecule has 1 rings (SSSR count). The van der Waals surface area contributed by atoms with Crippen LogP contribution in [0.1, 0.15) is 38.9 Å². The molecule has 0 amide bonds. The third kappa shape index (κ3) is 5.17. The van der Waals surface area contributed by atoms with Crippen molar-refractivity contribution >= 4 is 0 Å². The van der Waals surface area contributed by atoms with Crippen LogP contribution >= 0.6 is 0 Å². The highest BCUT2D eigenvalue weighted by atomic mass is 19.4. The predicted molar refractivity (Wildman–Crippen MR) is 87.0 cm³/mol. The average molecular weight is 476 g/mol. The minimum atomic E-state index is -7.46. The average Bonchev–Trinajstić information content (AvgIpc) is 2.57. The van der Waals surface area contributed by atoms with Gasteiger partial charge in [0.2, 0.25) is 0 Å². The normalized spacial score (nSPS) is 15.7. The van der Waals surface area contributed by atoms with E-state index in [4.69, 9.17) is 4.74 Å². The van der Waals surface area contributed by atoms with Gasteiger partial charge in [-0.3, -0.25) is 0 Å². The van der Waals surface area contributed by atoms with Gasteiger partial charge in [0.25, 0.3) is 0 Å². The van der Waals surface area contributed by atoms with Crippen LogP contribution in [-0.2, 0) is 4.74 Å². The SMILES string of the molecule is COC(CC(F)(F)C(F)(F)C(F)(F)C(F)(F)C(F)(F)F)c1ccccc1OC(C)(C)C. The van der Waals surface area contributed by atoms with Crippen molar-refractivity contribution in [2.24, 2.45) is 0 Å². The zero-order valence-corrected chi connectivity index (χ0v) is 16.6. The number of alkyl halides is 11. The van der Waals surface area contributed by atoms with Gasteiger partial charge in [-0.15, -0.1) is 0 Å². The number of hydrogen-bond acceptors (Lipinski definition) is 2. The molecule has 0 N–H and O–H groups in total. The van der Waals surface area contributed by atoms with E-state index in [0.29, 0.717) is 0 Å². The van der Waals surface area contributed by atoms with Crippen molar-refractivity contribution < 1.29 is 57.8 Å². The van der Waals surface area contributed by atoms with Crippen LogP contribution in [0.4, 0.5) is 48.3 Å². The maximum absolute atomic E-state index is 14.2. The molecular weight excluding hydrogens is 457 g/mol. The molecule has 0 aromatic heterocycles. The number of para-hydroxylation sites is 1. The second kappa shape index (κ2) is 8.28. The Labute approximate surface area is 170 Å². The number of hydrogen-bond donors (Lipinski definition) is 0. The van der Waals surface area contributed by atoms with Crippen molar-refractivity contribution in [1.82, 2.24) is 0 Å². The molecule has 1 aromatic rings. The molecule has 0 aliphatic heterocycles. The van der Waals surface area contributed by atoms with Crippen LogP contribution in [0.3, 0.4) is 0 Å². The molecule has 0 heterocycles. The summed E-state index contributed by atoms with van der Waals surface area (Å²) in [7, 11) is 0.731. The molecule has 0 fully saturated rings. The Morgan fingerprint density at radius 3 is 1.65 bits per heavy atom. The summed E-state index contributed by atoms with van der Waals surface area (Å²) in [5.41, 5.74) is -1.26. The quantitative estimate of drug-likeness (QED) is 0.375. The Morgan fingerprint density at radius 1 is 0.742 bits per heavy atom. The molecule has 180 valence electrons. The van der Waals surface area contributed by atoms with Gasteiger partial charge in [-0.25, -0.2) is 0 Å². The lowest BCUT2D eigenvalue weighted by molar-refractivity contribution is -0.423. The molecule has 0 saturated carbocycles. The molecule has 13 heteroatoms. The topological polar surface area (TPSA) is 18.5 Å². The van der Waals surface area contributed by atoms with Crippen LogP contribution in [0.25, 0.3) is 0 Å². The van der Waals surface area contributed by atoms with Gasteiger partial charge >= 0.3 is 29.9 Å². The summed E-state index contributed by atoms with van der Waals surface area (Å²) >= 11 is 0. The molecule has 0 spiro atoms. The Morgan fingerprint density at radius 2 is 1.23 bits per heavy atom. The van der Waals surface area contributed by atoms with Crippen LogP contribution in [0, 0.1) is 0 Å². The smallest absolute Gasteiger partial charge is 0.460 e. The summed E-state index contributed by atoms with van der Waals surface area (Å²) in [5, 5.41) is 0. The Bertz CT molecular complexity index is 752. The highest BCUT2D eigenvalue weighted by molar-refractivity contribution is 5.36. The fourth-order valence-electron chi connectivity index (χ4n) is 2.46. The molecule has 2 nitrogen and oxygen atoms in total. The fraction of sp³-hybridized carbons (Fsp3) is 0.667. The van der Waals surface area contributed by atoms with Crippen molar-refractivity contribution in [2.45, 2.75) is 68.8 Å². The van der Waals surface area contributed by atoms with Crippen LogP contribution in [0.2, 0.25) is 0 Å². The van der Waals surface area contributed by atoms with Gasteiger partial charge in [0.15, 0.2) is 0 Å². The highest BCUT2D eigenvalue weighted by Crippen LogP contribution is 2.59. The third-order valence-corrected chi connectivity index (χ3v) is 4.01. The van der Waals surface area contributed by atoms with Gasteiger partial charge in [0.1, 0.15) is 11.4 Å². The molecule has 31 heavy (non-hydrogen) atoms. The number of benzene rings is 1. The van der Waals surface area contributed by atoms with Crippen LogP contribution in [0.5, 0.6) is 5.75 Å². The van der Waals surface area contributed by atoms with E-state index in [2.05, 4.69) is 4.74 Å². The number of methoxy groups -OCH3 is 1. The van der Waals surface area contributed by atoms with E-state index in [1.165, 1.54) is 39.0 Å². The second-order valence-corrected chi connectivity index (χ2v) is 7.61. The first kappa shape index (κ1) is 27.2. The Hall–Kier alpha value is -1.79. The molecule has 0 saturated heterocycles. The summed E-state index contributed by atoms with van der Waals surface area (Å²) in [6.45, 7) is 4.61. The van der Waals surface area contributed by atoms with Gasteiger partial charge in [-0.1, -0.05) is 18.2 Å². The Balaban J connectivity index is 3.39. The van der Waals surface area contributed by atoms with Crippen molar-refractivity contribution in [3.63, 3.8) is 0 Å². The van der Waals surface area contributed by atoms with Crippen LogP contribution in [-0.4, -0.2) is 42.6 Å². The van der Waals surface area contributed by atoms with Gasteiger partial charge in [0, 0.05) is 19.1 Å². The maximum atomic E-state index is 14.2. The summed E-state index contributed by atoms with van der Waals surface area (Å²) in [6, 6.07) is 4.88. The fourth-order valence-corrected chi connectivity index (χ4v) is 2.46.